The van der Waals surface area contributed by atoms with Crippen LogP contribution in [0.15, 0.2) is 12.4 Å². The van der Waals surface area contributed by atoms with Crippen LogP contribution in [0.2, 0.25) is 0 Å². The van der Waals surface area contributed by atoms with Crippen molar-refractivity contribution < 1.29 is 4.74 Å². The molecule has 1 aromatic rings. The first kappa shape index (κ1) is 11.1. The summed E-state index contributed by atoms with van der Waals surface area (Å²) in [7, 11) is 0. The van der Waals surface area contributed by atoms with E-state index in [1.54, 1.807) is 6.07 Å². The molecule has 5 heteroatoms. The molecule has 1 aromatic heterocycles. The van der Waals surface area contributed by atoms with Crippen molar-refractivity contribution in [1.29, 1.82) is 0 Å². The Morgan fingerprint density at radius 1 is 1.19 bits per heavy atom. The zero-order valence-corrected chi connectivity index (χ0v) is 9.35. The number of anilines is 1. The number of aromatic nitrogens is 2. The van der Waals surface area contributed by atoms with Gasteiger partial charge in [-0.25, -0.2) is 15.8 Å². The van der Waals surface area contributed by atoms with E-state index in [4.69, 9.17) is 10.6 Å². The lowest BCUT2D eigenvalue weighted by molar-refractivity contribution is 0.176. The SMILES string of the molecule is NNc1cc(OC2CCCCCC2)ncn1. The van der Waals surface area contributed by atoms with E-state index in [1.165, 1.54) is 32.0 Å². The maximum atomic E-state index is 5.83. The first-order valence-electron chi connectivity index (χ1n) is 5.84. The predicted molar refractivity (Wildman–Crippen MR) is 62.0 cm³/mol. The highest BCUT2D eigenvalue weighted by atomic mass is 16.5. The van der Waals surface area contributed by atoms with Gasteiger partial charge in [-0.15, -0.1) is 0 Å². The van der Waals surface area contributed by atoms with Crippen molar-refractivity contribution in [3.8, 4) is 5.88 Å². The maximum Gasteiger partial charge on any atom is 0.218 e. The third-order valence-corrected chi connectivity index (χ3v) is 2.88. The normalized spacial score (nSPS) is 17.8. The number of ether oxygens (including phenoxy) is 1. The molecule has 1 aliphatic carbocycles. The fourth-order valence-corrected chi connectivity index (χ4v) is 2.01. The van der Waals surface area contributed by atoms with E-state index in [0.717, 1.165) is 12.8 Å². The Balaban J connectivity index is 1.96. The number of rotatable bonds is 3. The van der Waals surface area contributed by atoms with Gasteiger partial charge in [-0.3, -0.25) is 0 Å². The summed E-state index contributed by atoms with van der Waals surface area (Å²) in [6.45, 7) is 0. The lowest BCUT2D eigenvalue weighted by Gasteiger charge is -2.16. The van der Waals surface area contributed by atoms with E-state index in [2.05, 4.69) is 15.4 Å². The molecule has 1 aliphatic rings. The largest absolute Gasteiger partial charge is 0.474 e. The summed E-state index contributed by atoms with van der Waals surface area (Å²) < 4.78 is 5.83. The molecule has 16 heavy (non-hydrogen) atoms. The minimum Gasteiger partial charge on any atom is -0.474 e. The molecule has 0 amide bonds. The fourth-order valence-electron chi connectivity index (χ4n) is 2.01. The van der Waals surface area contributed by atoms with Crippen LogP contribution < -0.4 is 16.0 Å². The predicted octanol–water partition coefficient (Wildman–Crippen LogP) is 1.86. The summed E-state index contributed by atoms with van der Waals surface area (Å²) in [5.74, 6) is 6.47. The van der Waals surface area contributed by atoms with E-state index < -0.39 is 0 Å². The molecule has 0 atom stereocenters. The third-order valence-electron chi connectivity index (χ3n) is 2.88. The van der Waals surface area contributed by atoms with Gasteiger partial charge in [-0.05, 0) is 25.7 Å². The van der Waals surface area contributed by atoms with Crippen LogP contribution in [0, 0.1) is 0 Å². The molecule has 2 rings (SSSR count). The standard InChI is InChI=1S/C11H18N4O/c12-15-10-7-11(14-8-13-10)16-9-5-3-1-2-4-6-9/h7-9H,1-6,12H2,(H,13,14,15). The second-order valence-corrected chi connectivity index (χ2v) is 4.12. The fraction of sp³-hybridized carbons (Fsp3) is 0.636. The summed E-state index contributed by atoms with van der Waals surface area (Å²) in [5, 5.41) is 0. The van der Waals surface area contributed by atoms with Crippen molar-refractivity contribution in [2.75, 3.05) is 5.43 Å². The van der Waals surface area contributed by atoms with Gasteiger partial charge in [0.2, 0.25) is 5.88 Å². The van der Waals surface area contributed by atoms with Gasteiger partial charge in [0.25, 0.3) is 0 Å². The smallest absolute Gasteiger partial charge is 0.218 e. The minimum atomic E-state index is 0.294. The molecule has 88 valence electrons. The van der Waals surface area contributed by atoms with E-state index in [9.17, 15) is 0 Å². The number of nitrogens with zero attached hydrogens (tertiary/aromatic N) is 2. The average Bonchev–Trinajstić information content (AvgIpc) is 2.58. The van der Waals surface area contributed by atoms with Crippen molar-refractivity contribution in [1.82, 2.24) is 9.97 Å². The molecule has 0 unspecified atom stereocenters. The van der Waals surface area contributed by atoms with Crippen LogP contribution >= 0.6 is 0 Å². The second kappa shape index (κ2) is 5.65. The van der Waals surface area contributed by atoms with Gasteiger partial charge in [0.05, 0.1) is 0 Å². The van der Waals surface area contributed by atoms with Crippen LogP contribution in [0.5, 0.6) is 5.88 Å². The molecule has 0 radical (unpaired) electrons. The van der Waals surface area contributed by atoms with Gasteiger partial charge in [0, 0.05) is 6.07 Å². The number of nitrogens with one attached hydrogen (secondary N) is 1. The molecule has 0 bridgehead atoms. The quantitative estimate of drug-likeness (QED) is 0.464. The van der Waals surface area contributed by atoms with E-state index in [0.29, 0.717) is 17.8 Å². The molecule has 1 saturated carbocycles. The lowest BCUT2D eigenvalue weighted by atomic mass is 10.1. The zero-order chi connectivity index (χ0) is 11.2. The minimum absolute atomic E-state index is 0.294. The van der Waals surface area contributed by atoms with Crippen LogP contribution in [0.25, 0.3) is 0 Å². The number of hydrogen-bond acceptors (Lipinski definition) is 5. The molecule has 0 spiro atoms. The Bertz CT molecular complexity index is 324. The molecule has 1 fully saturated rings. The average molecular weight is 222 g/mol. The Kier molecular flexibility index (Phi) is 3.93. The number of nitrogen functional groups attached to an aromatic ring is 1. The lowest BCUT2D eigenvalue weighted by Crippen LogP contribution is -2.16. The molecule has 0 saturated heterocycles. The molecule has 3 N–H and O–H groups in total. The highest BCUT2D eigenvalue weighted by Crippen LogP contribution is 2.22. The van der Waals surface area contributed by atoms with Crippen molar-refractivity contribution in [3.63, 3.8) is 0 Å². The van der Waals surface area contributed by atoms with Gasteiger partial charge >= 0.3 is 0 Å². The summed E-state index contributed by atoms with van der Waals surface area (Å²) in [6.07, 6.45) is 9.13. The van der Waals surface area contributed by atoms with Crippen molar-refractivity contribution in [3.05, 3.63) is 12.4 Å². The van der Waals surface area contributed by atoms with Gasteiger partial charge in [-0.1, -0.05) is 12.8 Å². The van der Waals surface area contributed by atoms with E-state index >= 15 is 0 Å². The highest BCUT2D eigenvalue weighted by Gasteiger charge is 2.14. The Morgan fingerprint density at radius 3 is 2.62 bits per heavy atom. The Hall–Kier alpha value is -1.36. The summed E-state index contributed by atoms with van der Waals surface area (Å²) >= 11 is 0. The topological polar surface area (TPSA) is 73.1 Å². The van der Waals surface area contributed by atoms with Gasteiger partial charge < -0.3 is 10.2 Å². The van der Waals surface area contributed by atoms with Crippen LogP contribution in [0.1, 0.15) is 38.5 Å². The van der Waals surface area contributed by atoms with Gasteiger partial charge in [-0.2, -0.15) is 0 Å². The summed E-state index contributed by atoms with van der Waals surface area (Å²) in [4.78, 5) is 8.03. The van der Waals surface area contributed by atoms with E-state index in [1.807, 2.05) is 0 Å². The molecule has 0 aromatic carbocycles. The molecule has 1 heterocycles. The summed E-state index contributed by atoms with van der Waals surface area (Å²) in [5.41, 5.74) is 2.49. The Morgan fingerprint density at radius 2 is 1.94 bits per heavy atom. The molecule has 0 aliphatic heterocycles. The highest BCUT2D eigenvalue weighted by molar-refractivity contribution is 5.35. The second-order valence-electron chi connectivity index (χ2n) is 4.12. The third kappa shape index (κ3) is 3.06. The Labute approximate surface area is 95.4 Å². The van der Waals surface area contributed by atoms with Crippen LogP contribution in [0.4, 0.5) is 5.82 Å². The zero-order valence-electron chi connectivity index (χ0n) is 9.35. The van der Waals surface area contributed by atoms with E-state index in [-0.39, 0.29) is 0 Å². The monoisotopic (exact) mass is 222 g/mol. The van der Waals surface area contributed by atoms with Crippen LogP contribution in [-0.4, -0.2) is 16.1 Å². The van der Waals surface area contributed by atoms with Crippen molar-refractivity contribution >= 4 is 5.82 Å². The van der Waals surface area contributed by atoms with Crippen molar-refractivity contribution in [2.24, 2.45) is 5.84 Å². The summed E-state index contributed by atoms with van der Waals surface area (Å²) in [6, 6.07) is 1.73. The number of nitrogens with two attached hydrogens (primary N) is 1. The van der Waals surface area contributed by atoms with Crippen LogP contribution in [-0.2, 0) is 0 Å². The van der Waals surface area contributed by atoms with Gasteiger partial charge in [0.1, 0.15) is 18.2 Å². The van der Waals surface area contributed by atoms with Crippen LogP contribution in [0.3, 0.4) is 0 Å². The molecular weight excluding hydrogens is 204 g/mol. The number of hydrazine groups is 1. The maximum absolute atomic E-state index is 5.83. The van der Waals surface area contributed by atoms with Crippen molar-refractivity contribution in [2.45, 2.75) is 44.6 Å². The molecular formula is C11H18N4O. The first-order chi connectivity index (χ1) is 7.88. The van der Waals surface area contributed by atoms with Gasteiger partial charge in [0.15, 0.2) is 0 Å². The number of hydrogen-bond donors (Lipinski definition) is 2. The first-order valence-corrected chi connectivity index (χ1v) is 5.84. The molecule has 5 nitrogen and oxygen atoms in total.